The zero-order valence-electron chi connectivity index (χ0n) is 16.1. The van der Waals surface area contributed by atoms with Gasteiger partial charge in [0, 0.05) is 48.5 Å². The summed E-state index contributed by atoms with van der Waals surface area (Å²) in [5.41, 5.74) is 0.403. The largest absolute Gasteiger partial charge is 0.493 e. The van der Waals surface area contributed by atoms with Crippen molar-refractivity contribution in [2.75, 3.05) is 50.0 Å². The zero-order chi connectivity index (χ0) is 20.4. The van der Waals surface area contributed by atoms with Crippen LogP contribution in [-0.4, -0.2) is 53.8 Å². The molecule has 8 nitrogen and oxygen atoms in total. The van der Waals surface area contributed by atoms with Crippen molar-refractivity contribution >= 4 is 43.0 Å². The molecule has 2 aromatic heterocycles. The summed E-state index contributed by atoms with van der Waals surface area (Å²) in [6.45, 7) is 3.45. The zero-order valence-corrected chi connectivity index (χ0v) is 17.8. The van der Waals surface area contributed by atoms with Gasteiger partial charge in [0.1, 0.15) is 10.0 Å². The van der Waals surface area contributed by atoms with Crippen LogP contribution in [0.4, 0.5) is 11.5 Å². The molecule has 0 unspecified atom stereocenters. The number of aromatic nitrogens is 1. The maximum Gasteiger partial charge on any atom is 0.271 e. The van der Waals surface area contributed by atoms with E-state index in [1.807, 2.05) is 6.07 Å². The second-order valence-electron chi connectivity index (χ2n) is 6.52. The van der Waals surface area contributed by atoms with E-state index in [0.29, 0.717) is 17.2 Å². The molecule has 29 heavy (non-hydrogen) atoms. The number of methoxy groups -OCH3 is 2. The summed E-state index contributed by atoms with van der Waals surface area (Å²) in [4.78, 5) is 6.70. The molecule has 1 fully saturated rings. The minimum atomic E-state index is -3.75. The van der Waals surface area contributed by atoms with Gasteiger partial charge in [-0.25, -0.2) is 13.4 Å². The standard InChI is InChI=1S/C19H22N4O4S2/c1-26-15-4-3-13(11-16(15)27-2)22-29(24,25)18-12-14-17(28-18)5-6-21-19(14)23-9-7-20-8-10-23/h3-6,11-12,20,22H,7-10H2,1-2H3. The third kappa shape index (κ3) is 3.96. The molecule has 10 heteroatoms. The molecule has 4 rings (SSSR count). The van der Waals surface area contributed by atoms with Crippen molar-refractivity contribution in [1.82, 2.24) is 10.3 Å². The van der Waals surface area contributed by atoms with E-state index in [0.717, 1.165) is 42.1 Å². The maximum absolute atomic E-state index is 13.0. The number of piperazine rings is 1. The number of anilines is 2. The third-order valence-corrected chi connectivity index (χ3v) is 7.67. The van der Waals surface area contributed by atoms with E-state index in [-0.39, 0.29) is 4.21 Å². The number of sulfonamides is 1. The van der Waals surface area contributed by atoms with Crippen molar-refractivity contribution in [1.29, 1.82) is 0 Å². The highest BCUT2D eigenvalue weighted by Gasteiger charge is 2.22. The summed E-state index contributed by atoms with van der Waals surface area (Å²) in [7, 11) is -0.716. The van der Waals surface area contributed by atoms with Crippen molar-refractivity contribution in [3.63, 3.8) is 0 Å². The number of fused-ring (bicyclic) bond motifs is 1. The molecule has 1 aromatic carbocycles. The van der Waals surface area contributed by atoms with Crippen LogP contribution in [0.5, 0.6) is 11.5 Å². The topological polar surface area (TPSA) is 92.8 Å². The minimum absolute atomic E-state index is 0.242. The fourth-order valence-corrected chi connectivity index (χ4v) is 5.72. The van der Waals surface area contributed by atoms with E-state index in [2.05, 4.69) is 19.9 Å². The molecular formula is C19H22N4O4S2. The molecule has 0 bridgehead atoms. The molecule has 0 atom stereocenters. The van der Waals surface area contributed by atoms with Crippen molar-refractivity contribution in [3.8, 4) is 11.5 Å². The first-order chi connectivity index (χ1) is 14.0. The van der Waals surface area contributed by atoms with Crippen molar-refractivity contribution < 1.29 is 17.9 Å². The van der Waals surface area contributed by atoms with Gasteiger partial charge in [0.15, 0.2) is 11.5 Å². The van der Waals surface area contributed by atoms with Gasteiger partial charge >= 0.3 is 0 Å². The lowest BCUT2D eigenvalue weighted by molar-refractivity contribution is 0.355. The minimum Gasteiger partial charge on any atom is -0.493 e. The number of hydrogen-bond acceptors (Lipinski definition) is 8. The van der Waals surface area contributed by atoms with E-state index in [9.17, 15) is 8.42 Å². The molecule has 0 spiro atoms. The molecule has 154 valence electrons. The fraction of sp³-hybridized carbons (Fsp3) is 0.316. The van der Waals surface area contributed by atoms with Gasteiger partial charge in [-0.3, -0.25) is 4.72 Å². The third-order valence-electron chi connectivity index (χ3n) is 4.72. The summed E-state index contributed by atoms with van der Waals surface area (Å²) in [6.07, 6.45) is 1.73. The highest BCUT2D eigenvalue weighted by molar-refractivity contribution is 7.94. The lowest BCUT2D eigenvalue weighted by Crippen LogP contribution is -2.43. The van der Waals surface area contributed by atoms with Crippen LogP contribution in [0, 0.1) is 0 Å². The van der Waals surface area contributed by atoms with Crippen molar-refractivity contribution in [2.45, 2.75) is 4.21 Å². The number of hydrogen-bond donors (Lipinski definition) is 2. The average molecular weight is 435 g/mol. The first-order valence-electron chi connectivity index (χ1n) is 9.11. The van der Waals surface area contributed by atoms with Gasteiger partial charge in [0.2, 0.25) is 0 Å². The number of pyridine rings is 1. The molecule has 3 aromatic rings. The Labute approximate surface area is 173 Å². The van der Waals surface area contributed by atoms with Gasteiger partial charge < -0.3 is 19.7 Å². The molecule has 0 saturated carbocycles. The Morgan fingerprint density at radius 2 is 1.86 bits per heavy atom. The summed E-state index contributed by atoms with van der Waals surface area (Å²) in [6, 6.07) is 8.44. The Balaban J connectivity index is 1.66. The number of ether oxygens (including phenoxy) is 2. The first-order valence-corrected chi connectivity index (χ1v) is 11.4. The summed E-state index contributed by atoms with van der Waals surface area (Å²) < 4.78 is 40.2. The van der Waals surface area contributed by atoms with Crippen LogP contribution < -0.4 is 24.4 Å². The van der Waals surface area contributed by atoms with E-state index in [4.69, 9.17) is 9.47 Å². The van der Waals surface area contributed by atoms with Crippen LogP contribution in [0.3, 0.4) is 0 Å². The van der Waals surface area contributed by atoms with E-state index >= 15 is 0 Å². The van der Waals surface area contributed by atoms with Crippen LogP contribution in [0.2, 0.25) is 0 Å². The molecule has 1 aliphatic rings. The second kappa shape index (κ2) is 8.05. The smallest absolute Gasteiger partial charge is 0.271 e. The summed E-state index contributed by atoms with van der Waals surface area (Å²) in [5, 5.41) is 4.17. The van der Waals surface area contributed by atoms with Gasteiger partial charge in [-0.2, -0.15) is 0 Å². The summed E-state index contributed by atoms with van der Waals surface area (Å²) >= 11 is 1.23. The van der Waals surface area contributed by atoms with Crippen LogP contribution >= 0.6 is 11.3 Å². The SMILES string of the molecule is COc1ccc(NS(=O)(=O)c2cc3c(N4CCNCC4)nccc3s2)cc1OC. The Morgan fingerprint density at radius 3 is 2.59 bits per heavy atom. The summed E-state index contributed by atoms with van der Waals surface area (Å²) in [5.74, 6) is 1.81. The number of nitrogens with zero attached hydrogens (tertiary/aromatic N) is 2. The molecule has 0 aliphatic carbocycles. The monoisotopic (exact) mass is 434 g/mol. The fourth-order valence-electron chi connectivity index (χ4n) is 3.29. The van der Waals surface area contributed by atoms with Gasteiger partial charge in [0.25, 0.3) is 10.0 Å². The molecule has 0 amide bonds. The van der Waals surface area contributed by atoms with Crippen LogP contribution in [0.15, 0.2) is 40.7 Å². The maximum atomic E-state index is 13.0. The quantitative estimate of drug-likeness (QED) is 0.616. The predicted molar refractivity (Wildman–Crippen MR) is 115 cm³/mol. The second-order valence-corrected chi connectivity index (χ2v) is 9.52. The van der Waals surface area contributed by atoms with Gasteiger partial charge in [-0.05, 0) is 24.3 Å². The Bertz CT molecular complexity index is 1120. The molecule has 1 aliphatic heterocycles. The normalized spacial score (nSPS) is 14.8. The van der Waals surface area contributed by atoms with E-state index in [1.165, 1.54) is 25.6 Å². The van der Waals surface area contributed by atoms with Crippen LogP contribution in [-0.2, 0) is 10.0 Å². The molecule has 0 radical (unpaired) electrons. The van der Waals surface area contributed by atoms with E-state index < -0.39 is 10.0 Å². The Kier molecular flexibility index (Phi) is 5.48. The highest BCUT2D eigenvalue weighted by Crippen LogP contribution is 2.36. The Morgan fingerprint density at radius 1 is 1.10 bits per heavy atom. The van der Waals surface area contributed by atoms with E-state index in [1.54, 1.807) is 30.5 Å². The lowest BCUT2D eigenvalue weighted by atomic mass is 10.2. The highest BCUT2D eigenvalue weighted by atomic mass is 32.2. The van der Waals surface area contributed by atoms with Crippen molar-refractivity contribution in [3.05, 3.63) is 36.5 Å². The van der Waals surface area contributed by atoms with Crippen LogP contribution in [0.25, 0.3) is 10.1 Å². The number of nitrogens with one attached hydrogen (secondary N) is 2. The number of rotatable bonds is 6. The molecule has 2 N–H and O–H groups in total. The number of thiophene rings is 1. The first kappa shape index (κ1) is 19.7. The average Bonchev–Trinajstić information content (AvgIpc) is 3.19. The van der Waals surface area contributed by atoms with Gasteiger partial charge in [0.05, 0.1) is 19.9 Å². The van der Waals surface area contributed by atoms with Gasteiger partial charge in [-0.15, -0.1) is 11.3 Å². The lowest BCUT2D eigenvalue weighted by Gasteiger charge is -2.28. The molecule has 3 heterocycles. The van der Waals surface area contributed by atoms with Crippen molar-refractivity contribution in [2.24, 2.45) is 0 Å². The van der Waals surface area contributed by atoms with Crippen LogP contribution in [0.1, 0.15) is 0 Å². The number of benzene rings is 1. The Hall–Kier alpha value is -2.56. The molecular weight excluding hydrogens is 412 g/mol. The predicted octanol–water partition coefficient (Wildman–Crippen LogP) is 2.52. The molecule has 1 saturated heterocycles. The van der Waals surface area contributed by atoms with Gasteiger partial charge in [-0.1, -0.05) is 0 Å².